The summed E-state index contributed by atoms with van der Waals surface area (Å²) in [5.74, 6) is 0.508. The highest BCUT2D eigenvalue weighted by Gasteiger charge is 2.25. The molecule has 0 saturated carbocycles. The summed E-state index contributed by atoms with van der Waals surface area (Å²) in [5.41, 5.74) is 2.64. The Morgan fingerprint density at radius 2 is 1.39 bits per heavy atom. The highest BCUT2D eigenvalue weighted by molar-refractivity contribution is 5.72. The predicted octanol–water partition coefficient (Wildman–Crippen LogP) is 7.59. The van der Waals surface area contributed by atoms with E-state index in [-0.39, 0.29) is 18.5 Å². The van der Waals surface area contributed by atoms with Crippen molar-refractivity contribution in [3.63, 3.8) is 0 Å². The van der Waals surface area contributed by atoms with Crippen LogP contribution in [0, 0.1) is 5.92 Å². The molecule has 0 aliphatic heterocycles. The van der Waals surface area contributed by atoms with Crippen molar-refractivity contribution in [2.75, 3.05) is 33.9 Å². The summed E-state index contributed by atoms with van der Waals surface area (Å²) >= 11 is 0. The second-order valence-electron chi connectivity index (χ2n) is 10.9. The minimum absolute atomic E-state index is 0.158. The van der Waals surface area contributed by atoms with Crippen LogP contribution in [0.1, 0.15) is 82.8 Å². The van der Waals surface area contributed by atoms with E-state index in [1.165, 1.54) is 68.9 Å². The van der Waals surface area contributed by atoms with Crippen LogP contribution in [0.15, 0.2) is 54.6 Å². The first-order valence-electron chi connectivity index (χ1n) is 14.1. The SMILES string of the molecule is CCCCCCCCCCCc1ccc(OCCOC(=O)C(C)C[N+](C)(C)Cc2ccccc2)cc1. The fourth-order valence-corrected chi connectivity index (χ4v) is 4.79. The molecule has 2 aromatic carbocycles. The van der Waals surface area contributed by atoms with Gasteiger partial charge in [-0.2, -0.15) is 0 Å². The molecule has 0 spiro atoms. The van der Waals surface area contributed by atoms with E-state index in [0.29, 0.717) is 6.61 Å². The number of carbonyl (C=O) groups excluding carboxylic acids is 1. The summed E-state index contributed by atoms with van der Waals surface area (Å²) in [6.45, 7) is 6.48. The molecule has 36 heavy (non-hydrogen) atoms. The zero-order valence-corrected chi connectivity index (χ0v) is 23.3. The molecule has 0 fully saturated rings. The number of quaternary nitrogens is 1. The number of benzene rings is 2. The summed E-state index contributed by atoms with van der Waals surface area (Å²) in [6.07, 6.45) is 13.3. The van der Waals surface area contributed by atoms with Crippen molar-refractivity contribution in [3.05, 3.63) is 65.7 Å². The Hall–Kier alpha value is -2.33. The van der Waals surface area contributed by atoms with Gasteiger partial charge in [0.25, 0.3) is 0 Å². The van der Waals surface area contributed by atoms with Crippen LogP contribution in [-0.4, -0.2) is 44.3 Å². The maximum atomic E-state index is 12.5. The summed E-state index contributed by atoms with van der Waals surface area (Å²) < 4.78 is 12.0. The number of unbranched alkanes of at least 4 members (excludes halogenated alkanes) is 8. The zero-order valence-electron chi connectivity index (χ0n) is 23.3. The third-order valence-corrected chi connectivity index (χ3v) is 6.71. The third-order valence-electron chi connectivity index (χ3n) is 6.71. The van der Waals surface area contributed by atoms with Gasteiger partial charge in [0.1, 0.15) is 31.4 Å². The molecule has 0 saturated heterocycles. The second-order valence-corrected chi connectivity index (χ2v) is 10.9. The van der Waals surface area contributed by atoms with Crippen molar-refractivity contribution in [3.8, 4) is 5.75 Å². The molecule has 200 valence electrons. The van der Waals surface area contributed by atoms with Gasteiger partial charge in [0.15, 0.2) is 0 Å². The van der Waals surface area contributed by atoms with Gasteiger partial charge in [-0.1, -0.05) is 101 Å². The van der Waals surface area contributed by atoms with E-state index in [4.69, 9.17) is 9.47 Å². The molecule has 2 rings (SSSR count). The molecule has 4 nitrogen and oxygen atoms in total. The van der Waals surface area contributed by atoms with Gasteiger partial charge in [-0.15, -0.1) is 0 Å². The number of hydrogen-bond acceptors (Lipinski definition) is 3. The van der Waals surface area contributed by atoms with Gasteiger partial charge in [0.2, 0.25) is 0 Å². The van der Waals surface area contributed by atoms with Crippen LogP contribution in [-0.2, 0) is 22.5 Å². The lowest BCUT2D eigenvalue weighted by Crippen LogP contribution is -2.44. The molecular weight excluding hydrogens is 446 g/mol. The lowest BCUT2D eigenvalue weighted by molar-refractivity contribution is -0.905. The fraction of sp³-hybridized carbons (Fsp3) is 0.594. The maximum absolute atomic E-state index is 12.5. The number of esters is 1. The molecule has 0 aliphatic carbocycles. The number of rotatable bonds is 19. The van der Waals surface area contributed by atoms with Crippen LogP contribution in [0.3, 0.4) is 0 Å². The van der Waals surface area contributed by atoms with E-state index in [1.54, 1.807) is 0 Å². The monoisotopic (exact) mass is 496 g/mol. The second kappa shape index (κ2) is 17.2. The van der Waals surface area contributed by atoms with Gasteiger partial charge >= 0.3 is 5.97 Å². The van der Waals surface area contributed by atoms with Crippen LogP contribution >= 0.6 is 0 Å². The normalized spacial score (nSPS) is 12.3. The van der Waals surface area contributed by atoms with E-state index in [2.05, 4.69) is 57.4 Å². The molecule has 0 N–H and O–H groups in total. The van der Waals surface area contributed by atoms with E-state index >= 15 is 0 Å². The molecule has 0 aromatic heterocycles. The lowest BCUT2D eigenvalue weighted by Gasteiger charge is -2.31. The summed E-state index contributed by atoms with van der Waals surface area (Å²) in [4.78, 5) is 12.5. The average molecular weight is 497 g/mol. The number of aryl methyl sites for hydroxylation is 1. The Morgan fingerprint density at radius 1 is 0.778 bits per heavy atom. The van der Waals surface area contributed by atoms with Crippen molar-refractivity contribution in [2.24, 2.45) is 5.92 Å². The van der Waals surface area contributed by atoms with Gasteiger partial charge < -0.3 is 14.0 Å². The number of ether oxygens (including phenoxy) is 2. The first kappa shape index (κ1) is 29.9. The molecule has 0 amide bonds. The molecular formula is C32H50NO3+. The highest BCUT2D eigenvalue weighted by atomic mass is 16.6. The molecule has 2 aromatic rings. The van der Waals surface area contributed by atoms with Crippen molar-refractivity contribution >= 4 is 5.97 Å². The molecule has 0 radical (unpaired) electrons. The topological polar surface area (TPSA) is 35.5 Å². The van der Waals surface area contributed by atoms with E-state index in [0.717, 1.165) is 29.7 Å². The quantitative estimate of drug-likeness (QED) is 0.114. The van der Waals surface area contributed by atoms with Gasteiger partial charge in [0.05, 0.1) is 20.6 Å². The first-order chi connectivity index (χ1) is 17.4. The summed E-state index contributed by atoms with van der Waals surface area (Å²) in [6, 6.07) is 18.8. The summed E-state index contributed by atoms with van der Waals surface area (Å²) in [7, 11) is 4.30. The number of nitrogens with zero attached hydrogens (tertiary/aromatic N) is 1. The Labute approximate surface area is 220 Å². The minimum Gasteiger partial charge on any atom is -0.490 e. The molecule has 0 aliphatic rings. The highest BCUT2D eigenvalue weighted by Crippen LogP contribution is 2.16. The maximum Gasteiger partial charge on any atom is 0.314 e. The molecule has 0 bridgehead atoms. The fourth-order valence-electron chi connectivity index (χ4n) is 4.79. The average Bonchev–Trinajstić information content (AvgIpc) is 2.86. The standard InChI is InChI=1S/C32H50NO3/c1-5-6-7-8-9-10-11-12-14-17-29-20-22-31(23-21-29)35-24-25-36-32(34)28(2)26-33(3,4)27-30-18-15-13-16-19-30/h13,15-16,18-23,28H,5-12,14,17,24-27H2,1-4H3/q+1. The minimum atomic E-state index is -0.163. The van der Waals surface area contributed by atoms with Crippen molar-refractivity contribution in [2.45, 2.75) is 84.6 Å². The molecule has 4 heteroatoms. The van der Waals surface area contributed by atoms with Gasteiger partial charge in [-0.3, -0.25) is 4.79 Å². The van der Waals surface area contributed by atoms with Crippen LogP contribution in [0.4, 0.5) is 0 Å². The molecule has 1 atom stereocenters. The molecule has 1 unspecified atom stereocenters. The predicted molar refractivity (Wildman–Crippen MR) is 150 cm³/mol. The number of hydrogen-bond donors (Lipinski definition) is 0. The van der Waals surface area contributed by atoms with E-state index in [1.807, 2.05) is 25.1 Å². The van der Waals surface area contributed by atoms with Crippen molar-refractivity contribution < 1.29 is 18.8 Å². The smallest absolute Gasteiger partial charge is 0.314 e. The van der Waals surface area contributed by atoms with Gasteiger partial charge in [-0.05, 0) is 37.5 Å². The van der Waals surface area contributed by atoms with Crippen molar-refractivity contribution in [1.29, 1.82) is 0 Å². The lowest BCUT2D eigenvalue weighted by atomic mass is 10.0. The Balaban J connectivity index is 1.56. The largest absolute Gasteiger partial charge is 0.490 e. The van der Waals surface area contributed by atoms with Crippen LogP contribution in [0.2, 0.25) is 0 Å². The van der Waals surface area contributed by atoms with Gasteiger partial charge in [0, 0.05) is 5.56 Å². The first-order valence-corrected chi connectivity index (χ1v) is 14.1. The Morgan fingerprint density at radius 3 is 2.03 bits per heavy atom. The number of carbonyl (C=O) groups is 1. The third kappa shape index (κ3) is 13.1. The van der Waals surface area contributed by atoms with Crippen LogP contribution in [0.25, 0.3) is 0 Å². The zero-order chi connectivity index (χ0) is 26.1. The Kier molecular flexibility index (Phi) is 14.3. The van der Waals surface area contributed by atoms with Crippen LogP contribution in [0.5, 0.6) is 5.75 Å². The van der Waals surface area contributed by atoms with E-state index in [9.17, 15) is 4.79 Å². The van der Waals surface area contributed by atoms with E-state index < -0.39 is 0 Å². The summed E-state index contributed by atoms with van der Waals surface area (Å²) in [5, 5.41) is 0. The Bertz CT molecular complexity index is 832. The van der Waals surface area contributed by atoms with Crippen LogP contribution < -0.4 is 4.74 Å². The van der Waals surface area contributed by atoms with Crippen molar-refractivity contribution in [1.82, 2.24) is 0 Å². The molecule has 0 heterocycles. The van der Waals surface area contributed by atoms with Gasteiger partial charge in [-0.25, -0.2) is 0 Å².